The van der Waals surface area contributed by atoms with Crippen LogP contribution in [0, 0.1) is 11.8 Å². The molecule has 2 atom stereocenters. The minimum absolute atomic E-state index is 0.0343. The van der Waals surface area contributed by atoms with E-state index in [2.05, 4.69) is 10.6 Å². The molecule has 0 aliphatic heterocycles. The Morgan fingerprint density at radius 1 is 1.09 bits per heavy atom. The Hall–Kier alpha value is -2.04. The lowest BCUT2D eigenvalue weighted by molar-refractivity contribution is -0.125. The van der Waals surface area contributed by atoms with Gasteiger partial charge in [-0.15, -0.1) is 0 Å². The highest BCUT2D eigenvalue weighted by Gasteiger charge is 2.48. The molecule has 118 valence electrons. The molecule has 2 aliphatic carbocycles. The van der Waals surface area contributed by atoms with E-state index in [0.717, 1.165) is 12.8 Å². The Balaban J connectivity index is 1.53. The van der Waals surface area contributed by atoms with Crippen LogP contribution >= 0.6 is 0 Å². The molecule has 22 heavy (non-hydrogen) atoms. The third-order valence-electron chi connectivity index (χ3n) is 4.53. The van der Waals surface area contributed by atoms with Crippen LogP contribution in [0.4, 0.5) is 5.69 Å². The van der Waals surface area contributed by atoms with E-state index >= 15 is 0 Å². The lowest BCUT2D eigenvalue weighted by Crippen LogP contribution is -2.34. The molecule has 0 saturated heterocycles. The van der Waals surface area contributed by atoms with E-state index in [1.54, 1.807) is 19.2 Å². The highest BCUT2D eigenvalue weighted by Crippen LogP contribution is 2.40. The van der Waals surface area contributed by atoms with Crippen molar-refractivity contribution in [2.24, 2.45) is 11.8 Å². The summed E-state index contributed by atoms with van der Waals surface area (Å²) in [7, 11) is 1.57. The standard InChI is InChI=1S/C17H22N2O3/c1-22-15-9-5-4-8-14(15)19-17(21)13-10-12(13)16(20)18-11-6-2-3-7-11/h4-5,8-9,11-13H,2-3,6-7,10H2,1H3,(H,18,20)(H,19,21). The molecule has 1 aromatic rings. The van der Waals surface area contributed by atoms with Gasteiger partial charge in [0.2, 0.25) is 11.8 Å². The highest BCUT2D eigenvalue weighted by molar-refractivity contribution is 6.00. The van der Waals surface area contributed by atoms with Gasteiger partial charge in [0.25, 0.3) is 0 Å². The summed E-state index contributed by atoms with van der Waals surface area (Å²) in [6.45, 7) is 0. The van der Waals surface area contributed by atoms with Crippen molar-refractivity contribution in [3.63, 3.8) is 0 Å². The number of ether oxygens (including phenoxy) is 1. The van der Waals surface area contributed by atoms with E-state index in [9.17, 15) is 9.59 Å². The number of nitrogens with one attached hydrogen (secondary N) is 2. The predicted octanol–water partition coefficient (Wildman–Crippen LogP) is 2.33. The first-order valence-electron chi connectivity index (χ1n) is 7.93. The van der Waals surface area contributed by atoms with Crippen molar-refractivity contribution in [3.8, 4) is 5.75 Å². The molecule has 2 aliphatic rings. The maximum atomic E-state index is 12.2. The van der Waals surface area contributed by atoms with Gasteiger partial charge in [-0.25, -0.2) is 0 Å². The second-order valence-electron chi connectivity index (χ2n) is 6.13. The summed E-state index contributed by atoms with van der Waals surface area (Å²) in [5.41, 5.74) is 0.650. The van der Waals surface area contributed by atoms with Crippen LogP contribution in [-0.2, 0) is 9.59 Å². The maximum Gasteiger partial charge on any atom is 0.228 e. The van der Waals surface area contributed by atoms with Crippen molar-refractivity contribution >= 4 is 17.5 Å². The minimum Gasteiger partial charge on any atom is -0.495 e. The second kappa shape index (κ2) is 6.38. The summed E-state index contributed by atoms with van der Waals surface area (Å²) in [6.07, 6.45) is 5.15. The third-order valence-corrected chi connectivity index (χ3v) is 4.53. The molecular weight excluding hydrogens is 280 g/mol. The number of carbonyl (C=O) groups is 2. The Kier molecular flexibility index (Phi) is 4.32. The molecule has 5 heteroatoms. The van der Waals surface area contributed by atoms with Crippen molar-refractivity contribution in [2.45, 2.75) is 38.1 Å². The zero-order valence-corrected chi connectivity index (χ0v) is 12.8. The first kappa shape index (κ1) is 14.9. The van der Waals surface area contributed by atoms with E-state index in [-0.39, 0.29) is 23.7 Å². The molecule has 2 N–H and O–H groups in total. The fourth-order valence-electron chi connectivity index (χ4n) is 3.13. The Morgan fingerprint density at radius 2 is 1.77 bits per heavy atom. The van der Waals surface area contributed by atoms with Crippen molar-refractivity contribution in [2.75, 3.05) is 12.4 Å². The molecule has 0 spiro atoms. The largest absolute Gasteiger partial charge is 0.495 e. The van der Waals surface area contributed by atoms with Gasteiger partial charge in [0.05, 0.1) is 24.6 Å². The SMILES string of the molecule is COc1ccccc1NC(=O)C1CC1C(=O)NC1CCCC1. The number of anilines is 1. The Morgan fingerprint density at radius 3 is 2.50 bits per heavy atom. The number of rotatable bonds is 5. The molecule has 0 bridgehead atoms. The van der Waals surface area contributed by atoms with Crippen molar-refractivity contribution < 1.29 is 14.3 Å². The van der Waals surface area contributed by atoms with Gasteiger partial charge in [-0.2, -0.15) is 0 Å². The third kappa shape index (κ3) is 3.24. The van der Waals surface area contributed by atoms with Crippen LogP contribution in [0.5, 0.6) is 5.75 Å². The molecule has 3 rings (SSSR count). The van der Waals surface area contributed by atoms with Gasteiger partial charge in [0.15, 0.2) is 0 Å². The number of carbonyl (C=O) groups excluding carboxylic acids is 2. The van der Waals surface area contributed by atoms with Crippen molar-refractivity contribution in [3.05, 3.63) is 24.3 Å². The molecule has 2 saturated carbocycles. The van der Waals surface area contributed by atoms with E-state index in [0.29, 0.717) is 23.9 Å². The summed E-state index contributed by atoms with van der Waals surface area (Å²) in [4.78, 5) is 24.4. The van der Waals surface area contributed by atoms with E-state index < -0.39 is 0 Å². The van der Waals surface area contributed by atoms with Crippen LogP contribution in [0.3, 0.4) is 0 Å². The molecule has 5 nitrogen and oxygen atoms in total. The van der Waals surface area contributed by atoms with Crippen LogP contribution in [-0.4, -0.2) is 25.0 Å². The smallest absolute Gasteiger partial charge is 0.228 e. The monoisotopic (exact) mass is 302 g/mol. The lowest BCUT2D eigenvalue weighted by Gasteiger charge is -2.12. The Labute approximate surface area is 130 Å². The fraction of sp³-hybridized carbons (Fsp3) is 0.529. The first-order chi connectivity index (χ1) is 10.7. The summed E-state index contributed by atoms with van der Waals surface area (Å²) in [5, 5.41) is 5.93. The van der Waals surface area contributed by atoms with Crippen LogP contribution in [0.2, 0.25) is 0 Å². The molecule has 2 fully saturated rings. The van der Waals surface area contributed by atoms with Crippen LogP contribution < -0.4 is 15.4 Å². The van der Waals surface area contributed by atoms with Crippen LogP contribution in [0.1, 0.15) is 32.1 Å². The number of methoxy groups -OCH3 is 1. The maximum absolute atomic E-state index is 12.2. The summed E-state index contributed by atoms with van der Waals surface area (Å²) >= 11 is 0. The summed E-state index contributed by atoms with van der Waals surface area (Å²) < 4.78 is 5.22. The number of amides is 2. The van der Waals surface area contributed by atoms with Crippen LogP contribution in [0.25, 0.3) is 0 Å². The predicted molar refractivity (Wildman–Crippen MR) is 83.6 cm³/mol. The van der Waals surface area contributed by atoms with Gasteiger partial charge < -0.3 is 15.4 Å². The minimum atomic E-state index is -0.216. The second-order valence-corrected chi connectivity index (χ2v) is 6.13. The van der Waals surface area contributed by atoms with Gasteiger partial charge in [-0.1, -0.05) is 25.0 Å². The zero-order valence-electron chi connectivity index (χ0n) is 12.8. The van der Waals surface area contributed by atoms with Crippen molar-refractivity contribution in [1.82, 2.24) is 5.32 Å². The molecule has 2 unspecified atom stereocenters. The quantitative estimate of drug-likeness (QED) is 0.877. The fourth-order valence-corrected chi connectivity index (χ4v) is 3.13. The average Bonchev–Trinajstić information content (AvgIpc) is 3.18. The van der Waals surface area contributed by atoms with Gasteiger partial charge >= 0.3 is 0 Å². The molecule has 0 radical (unpaired) electrons. The molecule has 1 aromatic carbocycles. The number of hydrogen-bond donors (Lipinski definition) is 2. The van der Waals surface area contributed by atoms with E-state index in [1.807, 2.05) is 12.1 Å². The zero-order chi connectivity index (χ0) is 15.5. The summed E-state index contributed by atoms with van der Waals surface area (Å²) in [5.74, 6) is 0.174. The Bertz CT molecular complexity index is 567. The molecule has 2 amide bonds. The highest BCUT2D eigenvalue weighted by atomic mass is 16.5. The van der Waals surface area contributed by atoms with E-state index in [4.69, 9.17) is 4.74 Å². The number of benzene rings is 1. The average molecular weight is 302 g/mol. The normalized spacial score (nSPS) is 23.9. The van der Waals surface area contributed by atoms with Crippen LogP contribution in [0.15, 0.2) is 24.3 Å². The topological polar surface area (TPSA) is 67.4 Å². The molecular formula is C17H22N2O3. The van der Waals surface area contributed by atoms with Gasteiger partial charge in [-0.05, 0) is 31.4 Å². The van der Waals surface area contributed by atoms with E-state index in [1.165, 1.54) is 12.8 Å². The lowest BCUT2D eigenvalue weighted by atomic mass is 10.2. The number of hydrogen-bond acceptors (Lipinski definition) is 3. The van der Waals surface area contributed by atoms with Gasteiger partial charge in [0, 0.05) is 6.04 Å². The summed E-state index contributed by atoms with van der Waals surface area (Å²) in [6, 6.07) is 7.60. The van der Waals surface area contributed by atoms with Gasteiger partial charge in [0.1, 0.15) is 5.75 Å². The van der Waals surface area contributed by atoms with Crippen molar-refractivity contribution in [1.29, 1.82) is 0 Å². The molecule has 0 heterocycles. The number of para-hydroxylation sites is 2. The van der Waals surface area contributed by atoms with Gasteiger partial charge in [-0.3, -0.25) is 9.59 Å². The first-order valence-corrected chi connectivity index (χ1v) is 7.93. The molecule has 0 aromatic heterocycles.